The first-order chi connectivity index (χ1) is 16.5. The van der Waals surface area contributed by atoms with Gasteiger partial charge in [-0.15, -0.1) is 0 Å². The minimum Gasteiger partial charge on any atom is -1.00 e. The summed E-state index contributed by atoms with van der Waals surface area (Å²) >= 11 is 0. The fraction of sp³-hybridized carbons (Fsp3) is 0.310. The van der Waals surface area contributed by atoms with Crippen LogP contribution in [-0.2, 0) is 16.1 Å². The van der Waals surface area contributed by atoms with Gasteiger partial charge in [-0.3, -0.25) is 9.59 Å². The number of benzene rings is 3. The quantitative estimate of drug-likeness (QED) is 0.451. The van der Waals surface area contributed by atoms with E-state index >= 15 is 0 Å². The summed E-state index contributed by atoms with van der Waals surface area (Å²) in [5.41, 5.74) is 3.71. The van der Waals surface area contributed by atoms with Crippen LogP contribution in [0.25, 0.3) is 0 Å². The number of amides is 2. The molecule has 1 fully saturated rings. The average molecular weight is 492 g/mol. The van der Waals surface area contributed by atoms with Crippen LogP contribution in [0.2, 0.25) is 0 Å². The molecule has 1 aliphatic rings. The van der Waals surface area contributed by atoms with E-state index in [1.807, 2.05) is 30.3 Å². The highest BCUT2D eigenvalue weighted by molar-refractivity contribution is 5.85. The van der Waals surface area contributed by atoms with Crippen molar-refractivity contribution in [1.29, 1.82) is 0 Å². The molecule has 3 aromatic rings. The number of hydrogen-bond donors (Lipinski definition) is 1. The molecule has 0 saturated carbocycles. The third-order valence-corrected chi connectivity index (χ3v) is 6.68. The van der Waals surface area contributed by atoms with Gasteiger partial charge < -0.3 is 27.1 Å². The summed E-state index contributed by atoms with van der Waals surface area (Å²) in [5.74, 6) is 0.175. The van der Waals surface area contributed by atoms with E-state index in [0.29, 0.717) is 24.1 Å². The Hall–Kier alpha value is -3.15. The average Bonchev–Trinajstić information content (AvgIpc) is 2.85. The number of nitrogens with zero attached hydrogens (tertiary/aromatic N) is 2. The molecule has 2 amide bonds. The van der Waals surface area contributed by atoms with Gasteiger partial charge in [0.1, 0.15) is 6.54 Å². The Morgan fingerprint density at radius 3 is 2.00 bits per heavy atom. The summed E-state index contributed by atoms with van der Waals surface area (Å²) in [6, 6.07) is 31.1. The zero-order chi connectivity index (χ0) is 23.8. The highest BCUT2D eigenvalue weighted by Gasteiger charge is 2.35. The van der Waals surface area contributed by atoms with Crippen LogP contribution in [0.4, 0.5) is 0 Å². The summed E-state index contributed by atoms with van der Waals surface area (Å²) < 4.78 is 0.677. The largest absolute Gasteiger partial charge is 1.00 e. The van der Waals surface area contributed by atoms with E-state index in [1.165, 1.54) is 16.7 Å². The minimum absolute atomic E-state index is 0. The second-order valence-electron chi connectivity index (χ2n) is 9.47. The number of likely N-dealkylation sites (N-methyl/N-ethyl adjacent to an activating group) is 1. The van der Waals surface area contributed by atoms with Gasteiger partial charge in [-0.25, -0.2) is 0 Å². The Bertz CT molecular complexity index is 1040. The molecule has 1 atom stereocenters. The Labute approximate surface area is 214 Å². The van der Waals surface area contributed by atoms with Crippen molar-refractivity contribution in [3.8, 4) is 0 Å². The molecule has 4 rings (SSSR count). The molecule has 0 bridgehead atoms. The molecule has 0 aliphatic carbocycles. The van der Waals surface area contributed by atoms with Gasteiger partial charge in [-0.05, 0) is 17.5 Å². The summed E-state index contributed by atoms with van der Waals surface area (Å²) in [7, 11) is 2.12. The van der Waals surface area contributed by atoms with Crippen molar-refractivity contribution < 1.29 is 26.5 Å². The van der Waals surface area contributed by atoms with Crippen molar-refractivity contribution in [3.63, 3.8) is 0 Å². The first-order valence-electron chi connectivity index (χ1n) is 12.0. The fourth-order valence-corrected chi connectivity index (χ4v) is 4.80. The lowest BCUT2D eigenvalue weighted by molar-refractivity contribution is -0.917. The van der Waals surface area contributed by atoms with Crippen LogP contribution in [0.1, 0.15) is 29.0 Å². The van der Waals surface area contributed by atoms with Gasteiger partial charge >= 0.3 is 0 Å². The Morgan fingerprint density at radius 2 is 1.46 bits per heavy atom. The lowest BCUT2D eigenvalue weighted by Gasteiger charge is -2.41. The van der Waals surface area contributed by atoms with Crippen molar-refractivity contribution in [3.05, 3.63) is 108 Å². The van der Waals surface area contributed by atoms with Gasteiger partial charge in [0.25, 0.3) is 5.91 Å². The van der Waals surface area contributed by atoms with Gasteiger partial charge in [0.15, 0.2) is 6.54 Å². The molecule has 1 saturated heterocycles. The molecule has 184 valence electrons. The predicted octanol–water partition coefficient (Wildman–Crippen LogP) is 0.818. The molecule has 3 aromatic carbocycles. The minimum atomic E-state index is -0.0904. The van der Waals surface area contributed by atoms with E-state index in [2.05, 4.69) is 73.0 Å². The fourth-order valence-electron chi connectivity index (χ4n) is 4.80. The van der Waals surface area contributed by atoms with E-state index < -0.39 is 0 Å². The Morgan fingerprint density at radius 1 is 0.914 bits per heavy atom. The lowest BCUT2D eigenvalue weighted by Crippen LogP contribution is -3.00. The highest BCUT2D eigenvalue weighted by Crippen LogP contribution is 2.27. The van der Waals surface area contributed by atoms with Crippen molar-refractivity contribution in [2.24, 2.45) is 0 Å². The number of piperazine rings is 1. The summed E-state index contributed by atoms with van der Waals surface area (Å²) in [5, 5.41) is 3.04. The molecule has 0 radical (unpaired) electrons. The monoisotopic (exact) mass is 491 g/mol. The zero-order valence-electron chi connectivity index (χ0n) is 20.3. The molecule has 0 spiro atoms. The van der Waals surface area contributed by atoms with Crippen molar-refractivity contribution in [1.82, 2.24) is 10.2 Å². The first-order valence-corrected chi connectivity index (χ1v) is 12.0. The summed E-state index contributed by atoms with van der Waals surface area (Å²) in [6.45, 7) is 3.39. The first kappa shape index (κ1) is 26.5. The van der Waals surface area contributed by atoms with Crippen molar-refractivity contribution in [2.45, 2.75) is 18.9 Å². The Kier molecular flexibility index (Phi) is 9.47. The lowest BCUT2D eigenvalue weighted by atomic mass is 9.88. The van der Waals surface area contributed by atoms with Crippen LogP contribution < -0.4 is 17.7 Å². The van der Waals surface area contributed by atoms with Crippen LogP contribution >= 0.6 is 0 Å². The van der Waals surface area contributed by atoms with Crippen LogP contribution in [-0.4, -0.2) is 61.0 Å². The highest BCUT2D eigenvalue weighted by atomic mass is 35.5. The van der Waals surface area contributed by atoms with Gasteiger partial charge in [0.05, 0.1) is 26.7 Å². The number of carbonyl (C=O) groups excluding carboxylic acids is 2. The summed E-state index contributed by atoms with van der Waals surface area (Å²) in [6.07, 6.45) is 0.805. The molecular weight excluding hydrogens is 458 g/mol. The van der Waals surface area contributed by atoms with Crippen LogP contribution in [0.15, 0.2) is 91.0 Å². The molecule has 1 N–H and O–H groups in total. The standard InChI is InChI=1S/C29H33N3O2.ClH/c1-32(22-24-11-5-2-6-12-24)20-19-31(29(34)23-32)21-28(33)30-18-17-27(25-13-7-3-8-14-25)26-15-9-4-10-16-26;/h2-16,27H,17-23H2,1H3;1H. The van der Waals surface area contributed by atoms with Gasteiger partial charge in [0, 0.05) is 18.0 Å². The number of nitrogens with one attached hydrogen (secondary N) is 1. The molecule has 1 heterocycles. The molecular formula is C29H34ClN3O2. The Balaban J connectivity index is 0.00000342. The molecule has 1 unspecified atom stereocenters. The van der Waals surface area contributed by atoms with Crippen LogP contribution in [0.5, 0.6) is 0 Å². The number of quaternary nitrogens is 1. The third-order valence-electron chi connectivity index (χ3n) is 6.68. The number of rotatable bonds is 9. The molecule has 0 aromatic heterocycles. The van der Waals surface area contributed by atoms with Gasteiger partial charge in [0.2, 0.25) is 5.91 Å². The molecule has 6 heteroatoms. The number of halogens is 1. The van der Waals surface area contributed by atoms with E-state index in [0.717, 1.165) is 19.5 Å². The topological polar surface area (TPSA) is 49.4 Å². The maximum atomic E-state index is 12.8. The van der Waals surface area contributed by atoms with Gasteiger partial charge in [-0.2, -0.15) is 0 Å². The second-order valence-corrected chi connectivity index (χ2v) is 9.47. The zero-order valence-corrected chi connectivity index (χ0v) is 21.0. The smallest absolute Gasteiger partial charge is 0.278 e. The van der Waals surface area contributed by atoms with Crippen molar-refractivity contribution in [2.75, 3.05) is 39.8 Å². The van der Waals surface area contributed by atoms with E-state index in [-0.39, 0.29) is 36.7 Å². The second kappa shape index (κ2) is 12.5. The number of carbonyl (C=O) groups is 2. The molecule has 5 nitrogen and oxygen atoms in total. The number of hydrogen-bond acceptors (Lipinski definition) is 2. The maximum Gasteiger partial charge on any atom is 0.278 e. The van der Waals surface area contributed by atoms with Crippen molar-refractivity contribution >= 4 is 11.8 Å². The normalized spacial score (nSPS) is 17.7. The maximum absolute atomic E-state index is 12.8. The van der Waals surface area contributed by atoms with E-state index in [4.69, 9.17) is 0 Å². The van der Waals surface area contributed by atoms with Crippen LogP contribution in [0.3, 0.4) is 0 Å². The van der Waals surface area contributed by atoms with E-state index in [1.54, 1.807) is 4.90 Å². The third kappa shape index (κ3) is 7.41. The summed E-state index contributed by atoms with van der Waals surface area (Å²) in [4.78, 5) is 27.2. The van der Waals surface area contributed by atoms with Gasteiger partial charge in [-0.1, -0.05) is 91.0 Å². The van der Waals surface area contributed by atoms with E-state index in [9.17, 15) is 9.59 Å². The van der Waals surface area contributed by atoms with Crippen LogP contribution in [0, 0.1) is 0 Å². The SMILES string of the molecule is C[N+]1(Cc2ccccc2)CCN(CC(=O)NCCC(c2ccccc2)c2ccccc2)C(=O)C1.[Cl-]. The molecule has 35 heavy (non-hydrogen) atoms. The predicted molar refractivity (Wildman–Crippen MR) is 135 cm³/mol. The molecule has 1 aliphatic heterocycles.